The van der Waals surface area contributed by atoms with Crippen LogP contribution in [0.25, 0.3) is 0 Å². The summed E-state index contributed by atoms with van der Waals surface area (Å²) < 4.78 is 0. The van der Waals surface area contributed by atoms with Gasteiger partial charge in [-0.1, -0.05) is 6.42 Å². The molecule has 5 heteroatoms. The molecule has 1 fully saturated rings. The maximum Gasteiger partial charge on any atom is 0.239 e. The second-order valence-corrected chi connectivity index (χ2v) is 4.55. The molecule has 0 spiro atoms. The van der Waals surface area contributed by atoms with Crippen molar-refractivity contribution in [2.45, 2.75) is 39.2 Å². The van der Waals surface area contributed by atoms with Crippen LogP contribution in [0, 0.1) is 5.41 Å². The van der Waals surface area contributed by atoms with E-state index in [0.29, 0.717) is 6.54 Å². The van der Waals surface area contributed by atoms with Crippen molar-refractivity contribution in [3.8, 4) is 0 Å². The summed E-state index contributed by atoms with van der Waals surface area (Å²) in [4.78, 5) is 23.1. The van der Waals surface area contributed by atoms with Crippen LogP contribution < -0.4 is 16.4 Å². The van der Waals surface area contributed by atoms with Gasteiger partial charge < -0.3 is 16.4 Å². The molecule has 1 aliphatic carbocycles. The van der Waals surface area contributed by atoms with Crippen molar-refractivity contribution in [3.63, 3.8) is 0 Å². The zero-order valence-corrected chi connectivity index (χ0v) is 10.0. The van der Waals surface area contributed by atoms with Crippen LogP contribution in [0.3, 0.4) is 0 Å². The third kappa shape index (κ3) is 2.72. The molecule has 0 aliphatic heterocycles. The first-order valence-electron chi connectivity index (χ1n) is 5.81. The smallest absolute Gasteiger partial charge is 0.239 e. The number of hydrogen-bond donors (Lipinski definition) is 3. The molecule has 4 N–H and O–H groups in total. The third-order valence-electron chi connectivity index (χ3n) is 3.33. The van der Waals surface area contributed by atoms with Crippen LogP contribution in [0.4, 0.5) is 0 Å². The predicted octanol–water partition coefficient (Wildman–Crippen LogP) is -0.244. The van der Waals surface area contributed by atoms with E-state index in [9.17, 15) is 9.59 Å². The third-order valence-corrected chi connectivity index (χ3v) is 3.33. The summed E-state index contributed by atoms with van der Waals surface area (Å²) in [6.45, 7) is 4.33. The Morgan fingerprint density at radius 3 is 2.62 bits per heavy atom. The van der Waals surface area contributed by atoms with Crippen molar-refractivity contribution in [2.75, 3.05) is 13.1 Å². The molecule has 0 radical (unpaired) electrons. The molecule has 2 unspecified atom stereocenters. The molecular formula is C11H21N3O2. The number of rotatable bonds is 4. The molecule has 0 aromatic heterocycles. The quantitative estimate of drug-likeness (QED) is 0.619. The van der Waals surface area contributed by atoms with Crippen molar-refractivity contribution < 1.29 is 9.59 Å². The molecule has 2 amide bonds. The number of carbonyl (C=O) groups excluding carboxylic acids is 2. The number of amides is 2. The minimum Gasteiger partial charge on any atom is -0.355 e. The van der Waals surface area contributed by atoms with Crippen molar-refractivity contribution in [1.29, 1.82) is 0 Å². The van der Waals surface area contributed by atoms with Gasteiger partial charge in [-0.15, -0.1) is 0 Å². The van der Waals surface area contributed by atoms with Gasteiger partial charge in [-0.05, 0) is 26.7 Å². The minimum atomic E-state index is -0.507. The number of carbonyl (C=O) groups is 2. The Kier molecular flexibility index (Phi) is 4.29. The van der Waals surface area contributed by atoms with E-state index in [4.69, 9.17) is 5.73 Å². The Bertz CT molecular complexity index is 280. The van der Waals surface area contributed by atoms with Gasteiger partial charge in [0, 0.05) is 12.6 Å². The lowest BCUT2D eigenvalue weighted by Gasteiger charge is -2.27. The highest BCUT2D eigenvalue weighted by atomic mass is 16.2. The molecule has 0 saturated heterocycles. The number of likely N-dealkylation sites (N-methyl/N-ethyl adjacent to an activating group) is 1. The molecule has 1 saturated carbocycles. The summed E-state index contributed by atoms with van der Waals surface area (Å²) in [7, 11) is 0. The molecule has 5 nitrogen and oxygen atoms in total. The van der Waals surface area contributed by atoms with Gasteiger partial charge >= 0.3 is 0 Å². The SMILES string of the molecule is CCNC(=O)CNC(=O)C1(C)CCCC1N. The average molecular weight is 227 g/mol. The van der Waals surface area contributed by atoms with Gasteiger partial charge in [0.2, 0.25) is 11.8 Å². The molecule has 0 bridgehead atoms. The number of nitrogens with two attached hydrogens (primary N) is 1. The number of nitrogens with one attached hydrogen (secondary N) is 2. The summed E-state index contributed by atoms with van der Waals surface area (Å²) in [5.41, 5.74) is 5.41. The summed E-state index contributed by atoms with van der Waals surface area (Å²) in [5.74, 6) is -0.269. The minimum absolute atomic E-state index is 0.0367. The number of hydrogen-bond acceptors (Lipinski definition) is 3. The van der Waals surface area contributed by atoms with Crippen molar-refractivity contribution in [2.24, 2.45) is 11.1 Å². The summed E-state index contributed by atoms with van der Waals surface area (Å²) in [5, 5.41) is 5.28. The largest absolute Gasteiger partial charge is 0.355 e. The normalized spacial score (nSPS) is 28.8. The molecular weight excluding hydrogens is 206 g/mol. The lowest BCUT2D eigenvalue weighted by molar-refractivity contribution is -0.132. The lowest BCUT2D eigenvalue weighted by atomic mass is 9.84. The Morgan fingerprint density at radius 1 is 1.44 bits per heavy atom. The van der Waals surface area contributed by atoms with E-state index in [2.05, 4.69) is 10.6 Å². The average Bonchev–Trinajstić information content (AvgIpc) is 2.57. The van der Waals surface area contributed by atoms with E-state index in [1.807, 2.05) is 13.8 Å². The molecule has 92 valence electrons. The lowest BCUT2D eigenvalue weighted by Crippen LogP contribution is -2.49. The van der Waals surface area contributed by atoms with Gasteiger partial charge in [0.1, 0.15) is 0 Å². The second-order valence-electron chi connectivity index (χ2n) is 4.55. The van der Waals surface area contributed by atoms with Crippen LogP contribution in [0.2, 0.25) is 0 Å². The molecule has 0 heterocycles. The van der Waals surface area contributed by atoms with Gasteiger partial charge in [0.15, 0.2) is 0 Å². The molecule has 0 aromatic rings. The van der Waals surface area contributed by atoms with Gasteiger partial charge in [-0.3, -0.25) is 9.59 Å². The first-order valence-corrected chi connectivity index (χ1v) is 5.81. The Hall–Kier alpha value is -1.10. The van der Waals surface area contributed by atoms with Crippen LogP contribution in [-0.4, -0.2) is 30.9 Å². The highest BCUT2D eigenvalue weighted by molar-refractivity contribution is 5.88. The van der Waals surface area contributed by atoms with Gasteiger partial charge in [-0.2, -0.15) is 0 Å². The van der Waals surface area contributed by atoms with Gasteiger partial charge in [-0.25, -0.2) is 0 Å². The highest BCUT2D eigenvalue weighted by Crippen LogP contribution is 2.36. The Labute approximate surface area is 96.1 Å². The Balaban J connectivity index is 2.43. The van der Waals surface area contributed by atoms with Crippen LogP contribution in [0.15, 0.2) is 0 Å². The van der Waals surface area contributed by atoms with E-state index in [-0.39, 0.29) is 24.4 Å². The maximum absolute atomic E-state index is 11.9. The summed E-state index contributed by atoms with van der Waals surface area (Å²) in [6.07, 6.45) is 2.66. The topological polar surface area (TPSA) is 84.2 Å². The Morgan fingerprint density at radius 2 is 2.12 bits per heavy atom. The molecule has 16 heavy (non-hydrogen) atoms. The van der Waals surface area contributed by atoms with Gasteiger partial charge in [0.05, 0.1) is 12.0 Å². The van der Waals surface area contributed by atoms with Gasteiger partial charge in [0.25, 0.3) is 0 Å². The standard InChI is InChI=1S/C11H21N3O2/c1-3-13-9(15)7-14-10(16)11(2)6-4-5-8(11)12/h8H,3-7,12H2,1-2H3,(H,13,15)(H,14,16). The molecule has 1 aliphatic rings. The van der Waals surface area contributed by atoms with E-state index in [0.717, 1.165) is 19.3 Å². The fourth-order valence-corrected chi connectivity index (χ4v) is 2.10. The van der Waals surface area contributed by atoms with Crippen LogP contribution in [0.1, 0.15) is 33.1 Å². The van der Waals surface area contributed by atoms with E-state index in [1.54, 1.807) is 0 Å². The molecule has 2 atom stereocenters. The fourth-order valence-electron chi connectivity index (χ4n) is 2.10. The molecule has 0 aromatic carbocycles. The van der Waals surface area contributed by atoms with Crippen LogP contribution in [-0.2, 0) is 9.59 Å². The maximum atomic E-state index is 11.9. The van der Waals surface area contributed by atoms with Crippen molar-refractivity contribution in [1.82, 2.24) is 10.6 Å². The molecule has 1 rings (SSSR count). The zero-order chi connectivity index (χ0) is 12.2. The second kappa shape index (κ2) is 5.30. The monoisotopic (exact) mass is 227 g/mol. The summed E-state index contributed by atoms with van der Waals surface area (Å²) >= 11 is 0. The van der Waals surface area contributed by atoms with E-state index in [1.165, 1.54) is 0 Å². The first kappa shape index (κ1) is 13.0. The van der Waals surface area contributed by atoms with Crippen molar-refractivity contribution >= 4 is 11.8 Å². The predicted molar refractivity (Wildman–Crippen MR) is 61.6 cm³/mol. The zero-order valence-electron chi connectivity index (χ0n) is 10.0. The van der Waals surface area contributed by atoms with E-state index < -0.39 is 5.41 Å². The fraction of sp³-hybridized carbons (Fsp3) is 0.818. The van der Waals surface area contributed by atoms with E-state index >= 15 is 0 Å². The summed E-state index contributed by atoms with van der Waals surface area (Å²) in [6, 6.07) is -0.0956. The van der Waals surface area contributed by atoms with Crippen LogP contribution in [0.5, 0.6) is 0 Å². The first-order chi connectivity index (χ1) is 7.50. The van der Waals surface area contributed by atoms with Crippen LogP contribution >= 0.6 is 0 Å². The van der Waals surface area contributed by atoms with Crippen molar-refractivity contribution in [3.05, 3.63) is 0 Å². The highest BCUT2D eigenvalue weighted by Gasteiger charge is 2.42.